The number of aryl methyl sites for hydroxylation is 1. The predicted octanol–water partition coefficient (Wildman–Crippen LogP) is 3.66. The van der Waals surface area contributed by atoms with Crippen LogP contribution in [-0.2, 0) is 9.59 Å². The second kappa shape index (κ2) is 7.30. The van der Waals surface area contributed by atoms with Crippen LogP contribution >= 0.6 is 0 Å². The number of methoxy groups -OCH3 is 1. The van der Waals surface area contributed by atoms with Crippen molar-refractivity contribution in [3.8, 4) is 5.75 Å². The Bertz CT molecular complexity index is 1170. The van der Waals surface area contributed by atoms with Gasteiger partial charge in [-0.2, -0.15) is 0 Å². The third-order valence-corrected chi connectivity index (χ3v) is 8.01. The van der Waals surface area contributed by atoms with Gasteiger partial charge in [0.25, 0.3) is 5.91 Å². The molecule has 168 valence electrons. The minimum absolute atomic E-state index is 0.0830. The Morgan fingerprint density at radius 1 is 1.00 bits per heavy atom. The number of benzene rings is 2. The van der Waals surface area contributed by atoms with E-state index in [1.54, 1.807) is 36.3 Å². The summed E-state index contributed by atoms with van der Waals surface area (Å²) >= 11 is 0. The molecule has 0 radical (unpaired) electrons. The van der Waals surface area contributed by atoms with Crippen molar-refractivity contribution < 1.29 is 19.1 Å². The number of imide groups is 1. The van der Waals surface area contributed by atoms with E-state index in [0.29, 0.717) is 28.8 Å². The summed E-state index contributed by atoms with van der Waals surface area (Å²) in [6, 6.07) is 14.5. The van der Waals surface area contributed by atoms with Gasteiger partial charge in [0, 0.05) is 11.3 Å². The van der Waals surface area contributed by atoms with Crippen LogP contribution in [0, 0.1) is 42.4 Å². The SMILES string of the molecule is COc1cccc(C(=O)N(CN2C(=O)[C@@H]3[C@H]4C=C[C@H]([C@H]5C[C@H]45)[C@@H]3C2=O)c2ccccc2C)c1. The maximum absolute atomic E-state index is 13.7. The summed E-state index contributed by atoms with van der Waals surface area (Å²) in [5.41, 5.74) is 2.02. The zero-order valence-electron chi connectivity index (χ0n) is 18.7. The first-order chi connectivity index (χ1) is 16.0. The molecule has 4 aliphatic carbocycles. The van der Waals surface area contributed by atoms with Gasteiger partial charge in [0.15, 0.2) is 0 Å². The molecule has 6 heteroatoms. The van der Waals surface area contributed by atoms with E-state index in [-0.39, 0.29) is 48.1 Å². The topological polar surface area (TPSA) is 66.9 Å². The Hall–Kier alpha value is -3.41. The monoisotopic (exact) mass is 442 g/mol. The second-order valence-corrected chi connectivity index (χ2v) is 9.65. The number of hydrogen-bond donors (Lipinski definition) is 0. The molecule has 2 aromatic rings. The highest BCUT2D eigenvalue weighted by Crippen LogP contribution is 2.65. The van der Waals surface area contributed by atoms with E-state index in [4.69, 9.17) is 4.74 Å². The fourth-order valence-corrected chi connectivity index (χ4v) is 6.33. The smallest absolute Gasteiger partial charge is 0.259 e. The van der Waals surface area contributed by atoms with Crippen molar-refractivity contribution in [3.63, 3.8) is 0 Å². The van der Waals surface area contributed by atoms with Crippen molar-refractivity contribution in [2.24, 2.45) is 35.5 Å². The molecule has 0 unspecified atom stereocenters. The van der Waals surface area contributed by atoms with Crippen LogP contribution < -0.4 is 9.64 Å². The fourth-order valence-electron chi connectivity index (χ4n) is 6.33. The molecule has 3 fully saturated rings. The maximum atomic E-state index is 13.7. The molecule has 0 spiro atoms. The third kappa shape index (κ3) is 2.96. The molecule has 6 nitrogen and oxygen atoms in total. The average molecular weight is 443 g/mol. The lowest BCUT2D eigenvalue weighted by Crippen LogP contribution is -2.45. The molecule has 0 aromatic heterocycles. The van der Waals surface area contributed by atoms with Gasteiger partial charge in [0.2, 0.25) is 11.8 Å². The molecule has 3 amide bonds. The van der Waals surface area contributed by atoms with Crippen molar-refractivity contribution in [1.29, 1.82) is 0 Å². The first-order valence-electron chi connectivity index (χ1n) is 11.5. The molecule has 6 atom stereocenters. The lowest BCUT2D eigenvalue weighted by atomic mass is 9.63. The van der Waals surface area contributed by atoms with Crippen molar-refractivity contribution in [2.45, 2.75) is 13.3 Å². The molecule has 1 saturated heterocycles. The number of nitrogens with zero attached hydrogens (tertiary/aromatic N) is 2. The molecule has 1 aliphatic heterocycles. The predicted molar refractivity (Wildman–Crippen MR) is 122 cm³/mol. The van der Waals surface area contributed by atoms with Crippen LogP contribution in [0.1, 0.15) is 22.3 Å². The molecular weight excluding hydrogens is 416 g/mol. The van der Waals surface area contributed by atoms with Crippen LogP contribution in [0.2, 0.25) is 0 Å². The number of allylic oxidation sites excluding steroid dienone is 2. The molecule has 1 heterocycles. The summed E-state index contributed by atoms with van der Waals surface area (Å²) in [7, 11) is 1.55. The van der Waals surface area contributed by atoms with Crippen LogP contribution in [0.3, 0.4) is 0 Å². The second-order valence-electron chi connectivity index (χ2n) is 9.65. The molecular formula is C27H26N2O4. The van der Waals surface area contributed by atoms with Crippen molar-refractivity contribution in [1.82, 2.24) is 4.90 Å². The number of carbonyl (C=O) groups is 3. The van der Waals surface area contributed by atoms with E-state index in [1.165, 1.54) is 4.90 Å². The zero-order valence-corrected chi connectivity index (χ0v) is 18.7. The van der Waals surface area contributed by atoms with Gasteiger partial charge in [-0.25, -0.2) is 0 Å². The summed E-state index contributed by atoms with van der Waals surface area (Å²) < 4.78 is 5.29. The van der Waals surface area contributed by atoms with Crippen LogP contribution in [0.15, 0.2) is 60.7 Å². The quantitative estimate of drug-likeness (QED) is 0.524. The highest BCUT2D eigenvalue weighted by Gasteiger charge is 2.67. The number of amides is 3. The van der Waals surface area contributed by atoms with Gasteiger partial charge in [0.05, 0.1) is 18.9 Å². The Labute approximate surface area is 192 Å². The molecule has 2 bridgehead atoms. The van der Waals surface area contributed by atoms with E-state index >= 15 is 0 Å². The number of hydrogen-bond acceptors (Lipinski definition) is 4. The van der Waals surface area contributed by atoms with Gasteiger partial charge in [-0.3, -0.25) is 24.2 Å². The van der Waals surface area contributed by atoms with Gasteiger partial charge in [-0.1, -0.05) is 36.4 Å². The first-order valence-corrected chi connectivity index (χ1v) is 11.5. The van der Waals surface area contributed by atoms with Gasteiger partial charge >= 0.3 is 0 Å². The number of anilines is 1. The van der Waals surface area contributed by atoms with E-state index in [1.807, 2.05) is 31.2 Å². The number of carbonyl (C=O) groups excluding carboxylic acids is 3. The highest BCUT2D eigenvalue weighted by molar-refractivity contribution is 6.10. The average Bonchev–Trinajstić information content (AvgIpc) is 3.63. The minimum Gasteiger partial charge on any atom is -0.497 e. The summed E-state index contributed by atoms with van der Waals surface area (Å²) in [5, 5.41) is 0. The minimum atomic E-state index is -0.276. The maximum Gasteiger partial charge on any atom is 0.259 e. The van der Waals surface area contributed by atoms with Gasteiger partial charge in [0.1, 0.15) is 12.4 Å². The molecule has 33 heavy (non-hydrogen) atoms. The summed E-state index contributed by atoms with van der Waals surface area (Å²) in [6.07, 6.45) is 5.45. The summed E-state index contributed by atoms with van der Waals surface area (Å²) in [6.45, 7) is 1.84. The van der Waals surface area contributed by atoms with Gasteiger partial charge in [-0.15, -0.1) is 0 Å². The Balaban J connectivity index is 1.35. The van der Waals surface area contributed by atoms with E-state index in [2.05, 4.69) is 12.2 Å². The van der Waals surface area contributed by atoms with Crippen molar-refractivity contribution in [2.75, 3.05) is 18.7 Å². The largest absolute Gasteiger partial charge is 0.497 e. The van der Waals surface area contributed by atoms with Crippen molar-refractivity contribution in [3.05, 3.63) is 71.8 Å². The fraction of sp³-hybridized carbons (Fsp3) is 0.370. The first kappa shape index (κ1) is 20.2. The van der Waals surface area contributed by atoms with Crippen molar-refractivity contribution >= 4 is 23.4 Å². The standard InChI is InChI=1S/C27H26N2O4/c1-15-6-3-4-9-22(15)28(25(30)16-7-5-8-17(12-16)33-2)14-29-26(31)23-18-10-11-19(21-13-20(18)21)24(23)27(29)32/h3-12,18-21,23-24H,13-14H2,1-2H3/t18-,19+,20-,21-,23+,24-/m1/s1. The van der Waals surface area contributed by atoms with E-state index in [0.717, 1.165) is 12.0 Å². The summed E-state index contributed by atoms with van der Waals surface area (Å²) in [4.78, 5) is 43.6. The van der Waals surface area contributed by atoms with Crippen LogP contribution in [0.5, 0.6) is 5.75 Å². The molecule has 7 rings (SSSR count). The summed E-state index contributed by atoms with van der Waals surface area (Å²) in [5.74, 6) is 0.893. The van der Waals surface area contributed by atoms with Crippen LogP contribution in [0.25, 0.3) is 0 Å². The lowest BCUT2D eigenvalue weighted by molar-refractivity contribution is -0.140. The zero-order chi connectivity index (χ0) is 22.9. The van der Waals surface area contributed by atoms with Crippen LogP contribution in [-0.4, -0.2) is 36.4 Å². The molecule has 5 aliphatic rings. The third-order valence-electron chi connectivity index (χ3n) is 8.01. The lowest BCUT2D eigenvalue weighted by Gasteiger charge is -2.37. The van der Waals surface area contributed by atoms with E-state index < -0.39 is 0 Å². The molecule has 0 N–H and O–H groups in total. The molecule has 2 saturated carbocycles. The highest BCUT2D eigenvalue weighted by atomic mass is 16.5. The number of ether oxygens (including phenoxy) is 1. The van der Waals surface area contributed by atoms with Gasteiger partial charge in [-0.05, 0) is 66.8 Å². The number of rotatable bonds is 5. The number of para-hydroxylation sites is 1. The normalized spacial score (nSPS) is 30.8. The Kier molecular flexibility index (Phi) is 4.47. The Morgan fingerprint density at radius 3 is 2.30 bits per heavy atom. The van der Waals surface area contributed by atoms with E-state index in [9.17, 15) is 14.4 Å². The Morgan fingerprint density at radius 2 is 1.67 bits per heavy atom. The molecule has 2 aromatic carbocycles. The van der Waals surface area contributed by atoms with Gasteiger partial charge < -0.3 is 4.74 Å². The number of likely N-dealkylation sites (tertiary alicyclic amines) is 1. The van der Waals surface area contributed by atoms with Crippen LogP contribution in [0.4, 0.5) is 5.69 Å².